The van der Waals surface area contributed by atoms with Crippen molar-refractivity contribution < 1.29 is 146 Å². The summed E-state index contributed by atoms with van der Waals surface area (Å²) in [5, 5.41) is 119. The molecule has 3 fully saturated rings. The van der Waals surface area contributed by atoms with Crippen molar-refractivity contribution >= 4 is 65.8 Å². The second-order valence-corrected chi connectivity index (χ2v) is 26.3. The molecule has 16 unspecified atom stereocenters. The van der Waals surface area contributed by atoms with Crippen molar-refractivity contribution in [3.05, 3.63) is 0 Å². The molecule has 3 heterocycles. The number of aliphatic hydroxyl groups excluding tert-OH is 10. The highest BCUT2D eigenvalue weighted by Gasteiger charge is 2.48. The third-order valence-corrected chi connectivity index (χ3v) is 16.0. The van der Waals surface area contributed by atoms with Gasteiger partial charge in [0.05, 0.1) is 117 Å². The zero-order valence-corrected chi connectivity index (χ0v) is 57.0. The van der Waals surface area contributed by atoms with Gasteiger partial charge in [0.1, 0.15) is 79.8 Å². The molecule has 0 saturated carbocycles. The Labute approximate surface area is 566 Å². The first kappa shape index (κ1) is 86.7. The number of hydrogen-bond donors (Lipinski definition) is 17. The van der Waals surface area contributed by atoms with Crippen LogP contribution in [0.15, 0.2) is 0 Å². The van der Waals surface area contributed by atoms with Crippen LogP contribution < -0.4 is 42.1 Å². The summed E-state index contributed by atoms with van der Waals surface area (Å²) in [7, 11) is 0. The predicted molar refractivity (Wildman–Crippen MR) is 332 cm³/mol. The Morgan fingerprint density at radius 3 is 1.25 bits per heavy atom. The Morgan fingerprint density at radius 1 is 0.526 bits per heavy atom. The molecule has 562 valence electrons. The van der Waals surface area contributed by atoms with E-state index >= 15 is 0 Å². The summed E-state index contributed by atoms with van der Waals surface area (Å²) in [5.74, 6) is -4.80. The van der Waals surface area contributed by atoms with Crippen LogP contribution in [-0.2, 0) is 102 Å². The van der Waals surface area contributed by atoms with Crippen molar-refractivity contribution in [2.24, 2.45) is 0 Å². The predicted octanol–water partition coefficient (Wildman–Crippen LogP) is -10.5. The Kier molecular flexibility index (Phi) is 40.6. The van der Waals surface area contributed by atoms with Crippen molar-refractivity contribution in [2.75, 3.05) is 145 Å². The fourth-order valence-electron chi connectivity index (χ4n) is 9.59. The van der Waals surface area contributed by atoms with Crippen LogP contribution >= 0.6 is 6.72 Å². The zero-order chi connectivity index (χ0) is 72.4. The SMILES string of the molecule is CC(=O)NC1C(OCCOCCNC(=O)CN(CCN(CC(=O)NCCOCCOC2OC(CO)C(O)C(O)C2NC(C)=O)C(=O)CCCC(=O)NC[C@@H](O)COP([O-])(=S)OC(C)(C)C)CC(=O)NCCOCCOC2OC(CO)C(O)C(O)C2NC(C)=O)OC(CO)C(O)C1O. The van der Waals surface area contributed by atoms with Crippen LogP contribution in [0.1, 0.15) is 60.8 Å². The lowest BCUT2D eigenvalue weighted by molar-refractivity contribution is -0.272. The minimum Gasteiger partial charge on any atom is -0.780 e. The highest BCUT2D eigenvalue weighted by Crippen LogP contribution is 2.43. The van der Waals surface area contributed by atoms with Crippen LogP contribution in [0, 0.1) is 0 Å². The number of carbonyl (C=O) groups excluding carboxylic acids is 8. The van der Waals surface area contributed by atoms with Crippen molar-refractivity contribution in [2.45, 2.75) is 164 Å². The summed E-state index contributed by atoms with van der Waals surface area (Å²) in [6.45, 7) is -1.69. The lowest BCUT2D eigenvalue weighted by Crippen LogP contribution is -2.64. The van der Waals surface area contributed by atoms with Crippen molar-refractivity contribution in [3.63, 3.8) is 0 Å². The Balaban J connectivity index is 1.69. The number of hydrogen-bond acceptors (Lipinski definition) is 32. The maximum Gasteiger partial charge on any atom is 0.239 e. The summed E-state index contributed by atoms with van der Waals surface area (Å²) in [4.78, 5) is 118. The Bertz CT molecular complexity index is 2370. The molecule has 0 bridgehead atoms. The molecular formula is C56H101N9O30PS-. The van der Waals surface area contributed by atoms with E-state index in [4.69, 9.17) is 63.5 Å². The lowest BCUT2D eigenvalue weighted by atomic mass is 9.97. The molecule has 0 aromatic carbocycles. The summed E-state index contributed by atoms with van der Waals surface area (Å²) in [6.07, 6.45) is -18.7. The van der Waals surface area contributed by atoms with Gasteiger partial charge < -0.3 is 150 Å². The maximum atomic E-state index is 14.0. The van der Waals surface area contributed by atoms with Gasteiger partial charge in [0, 0.05) is 72.9 Å². The molecule has 39 nitrogen and oxygen atoms in total. The van der Waals surface area contributed by atoms with Crippen LogP contribution in [0.3, 0.4) is 0 Å². The highest BCUT2D eigenvalue weighted by molar-refractivity contribution is 8.06. The molecule has 8 amide bonds. The van der Waals surface area contributed by atoms with Crippen LogP contribution in [0.5, 0.6) is 0 Å². The van der Waals surface area contributed by atoms with E-state index in [9.17, 15) is 94.3 Å². The monoisotopic (exact) mass is 1440 g/mol. The number of nitrogens with one attached hydrogen (secondary N) is 7. The molecule has 17 atom stereocenters. The first-order valence-corrected chi connectivity index (χ1v) is 34.0. The molecule has 3 rings (SSSR count). The average Bonchev–Trinajstić information content (AvgIpc) is 0.824. The van der Waals surface area contributed by atoms with Crippen LogP contribution in [0.25, 0.3) is 0 Å². The van der Waals surface area contributed by atoms with E-state index < -0.39 is 204 Å². The molecule has 17 N–H and O–H groups in total. The number of nitrogens with zero attached hydrogens (tertiary/aromatic N) is 2. The fraction of sp³-hybridized carbons (Fsp3) is 0.857. The average molecular weight is 1440 g/mol. The zero-order valence-electron chi connectivity index (χ0n) is 55.3. The lowest BCUT2D eigenvalue weighted by Gasteiger charge is -2.42. The number of aliphatic hydroxyl groups is 10. The minimum atomic E-state index is -3.97. The maximum absolute atomic E-state index is 14.0. The van der Waals surface area contributed by atoms with Gasteiger partial charge in [-0.15, -0.1) is 0 Å². The molecular weight excluding hydrogens is 1340 g/mol. The van der Waals surface area contributed by atoms with E-state index in [1.54, 1.807) is 20.8 Å². The van der Waals surface area contributed by atoms with Gasteiger partial charge >= 0.3 is 0 Å². The number of rotatable bonds is 46. The van der Waals surface area contributed by atoms with E-state index in [2.05, 4.69) is 37.2 Å². The molecule has 3 aliphatic heterocycles. The molecule has 0 aromatic rings. The van der Waals surface area contributed by atoms with Gasteiger partial charge in [-0.2, -0.15) is 0 Å². The molecule has 97 heavy (non-hydrogen) atoms. The summed E-state index contributed by atoms with van der Waals surface area (Å²) < 4.78 is 60.5. The quantitative estimate of drug-likeness (QED) is 0.0199. The van der Waals surface area contributed by atoms with E-state index in [-0.39, 0.29) is 118 Å². The molecule has 3 saturated heterocycles. The largest absolute Gasteiger partial charge is 0.780 e. The summed E-state index contributed by atoms with van der Waals surface area (Å²) in [5.41, 5.74) is -0.906. The molecule has 41 heteroatoms. The van der Waals surface area contributed by atoms with E-state index in [0.717, 1.165) is 4.90 Å². The van der Waals surface area contributed by atoms with Gasteiger partial charge in [0.15, 0.2) is 18.9 Å². The smallest absolute Gasteiger partial charge is 0.239 e. The van der Waals surface area contributed by atoms with Crippen LogP contribution in [0.4, 0.5) is 0 Å². The number of amides is 8. The van der Waals surface area contributed by atoms with Gasteiger partial charge in [-0.1, -0.05) is 11.8 Å². The third kappa shape index (κ3) is 33.7. The minimum absolute atomic E-state index is 0.0621. The fourth-order valence-corrected chi connectivity index (χ4v) is 11.5. The third-order valence-electron chi connectivity index (χ3n) is 14.2. The topological polar surface area (TPSA) is 554 Å². The normalized spacial score (nSPS) is 26.8. The van der Waals surface area contributed by atoms with Gasteiger partial charge in [0.25, 0.3) is 0 Å². The van der Waals surface area contributed by atoms with Gasteiger partial charge in [-0.3, -0.25) is 43.3 Å². The molecule has 0 radical (unpaired) electrons. The van der Waals surface area contributed by atoms with Crippen LogP contribution in [-0.4, -0.2) is 357 Å². The first-order chi connectivity index (χ1) is 45.8. The van der Waals surface area contributed by atoms with Gasteiger partial charge in [0.2, 0.25) is 47.3 Å². The van der Waals surface area contributed by atoms with E-state index in [0.29, 0.717) is 0 Å². The molecule has 0 aromatic heterocycles. The van der Waals surface area contributed by atoms with E-state index in [1.165, 1.54) is 25.7 Å². The van der Waals surface area contributed by atoms with Crippen molar-refractivity contribution in [1.82, 2.24) is 47.0 Å². The first-order valence-electron chi connectivity index (χ1n) is 31.5. The van der Waals surface area contributed by atoms with Crippen molar-refractivity contribution in [1.29, 1.82) is 0 Å². The summed E-state index contributed by atoms with van der Waals surface area (Å²) in [6, 6.07) is -3.58. The van der Waals surface area contributed by atoms with Crippen LogP contribution in [0.2, 0.25) is 0 Å². The van der Waals surface area contributed by atoms with Gasteiger partial charge in [-0.05, 0) is 27.2 Å². The van der Waals surface area contributed by atoms with Gasteiger partial charge in [-0.25, -0.2) is 0 Å². The standard InChI is InChI=1S/C56H102N9O30PS/c1-32(69)61-44-50(81)47(78)36(28-66)92-53(44)88-21-18-85-15-10-57-40(74)25-64(26-41(75)58-11-16-86-19-22-89-54-45(62-33(2)70)51(82)48(79)37(29-67)93-54)13-14-65(43(77)9-7-8-39(73)60-24-35(72)31-91-96(84,97)95-56(4,5)6)27-42(76)59-12-17-87-20-23-90-55-46(63-34(3)71)52(83)49(80)38(30-68)94-55/h35-38,44-55,66-68,72,78-83H,7-31H2,1-6H3,(H,57,74)(H,58,75)(H,59,76)(H,60,73)(H,61,69)(H,62,70)(H,63,71)(H,84,97)/p-1/t35-,36?,37?,38?,44?,45?,46?,47?,48?,49?,50?,51?,52?,53?,54?,55?,96?/m1/s1. The highest BCUT2D eigenvalue weighted by atomic mass is 32.5. The second kappa shape index (κ2) is 45.4. The molecule has 3 aliphatic rings. The number of ether oxygens (including phenoxy) is 9. The molecule has 0 aliphatic carbocycles. The van der Waals surface area contributed by atoms with Crippen molar-refractivity contribution in [3.8, 4) is 0 Å². The Morgan fingerprint density at radius 2 is 0.897 bits per heavy atom. The molecule has 0 spiro atoms. The second-order valence-electron chi connectivity index (χ2n) is 23.6. The van der Waals surface area contributed by atoms with E-state index in [1.807, 2.05) is 0 Å². The summed E-state index contributed by atoms with van der Waals surface area (Å²) >= 11 is 4.86. The number of carbonyl (C=O) groups is 8. The Hall–Kier alpha value is -4.51.